The van der Waals surface area contributed by atoms with Crippen molar-refractivity contribution in [1.29, 1.82) is 0 Å². The molecule has 0 bridgehead atoms. The molecule has 1 heterocycles. The molecule has 1 aliphatic heterocycles. The highest BCUT2D eigenvalue weighted by molar-refractivity contribution is 7.91. The highest BCUT2D eigenvalue weighted by Crippen LogP contribution is 2.23. The van der Waals surface area contributed by atoms with Crippen LogP contribution < -0.4 is 4.74 Å². The molecule has 1 unspecified atom stereocenters. The summed E-state index contributed by atoms with van der Waals surface area (Å²) < 4.78 is 43.2. The van der Waals surface area contributed by atoms with E-state index in [4.69, 9.17) is 4.74 Å². The second-order valence-corrected chi connectivity index (χ2v) is 9.57. The second-order valence-electron chi connectivity index (χ2n) is 7.35. The first-order valence-corrected chi connectivity index (χ1v) is 11.7. The summed E-state index contributed by atoms with van der Waals surface area (Å²) in [5.41, 5.74) is 1.08. The molecule has 1 fully saturated rings. The monoisotopic (exact) mass is 419 g/mol. The standard InChI is InChI=1S/C22H26FNO4S/c1-2-3-12-28-21-9-7-18(8-10-21)22(25)24(20-11-13-29(26,27)16-20)15-17-5-4-6-19(23)14-17/h4-10,14,20H,2-3,11-13,15-16H2,1H3. The summed E-state index contributed by atoms with van der Waals surface area (Å²) in [6, 6.07) is 12.5. The summed E-state index contributed by atoms with van der Waals surface area (Å²) in [6.07, 6.45) is 2.38. The van der Waals surface area contributed by atoms with E-state index in [9.17, 15) is 17.6 Å². The van der Waals surface area contributed by atoms with Gasteiger partial charge in [0.1, 0.15) is 11.6 Å². The normalized spacial score (nSPS) is 17.8. The smallest absolute Gasteiger partial charge is 0.254 e. The summed E-state index contributed by atoms with van der Waals surface area (Å²) in [6.45, 7) is 2.86. The Labute approximate surface area is 171 Å². The van der Waals surface area contributed by atoms with Crippen LogP contribution >= 0.6 is 0 Å². The average molecular weight is 420 g/mol. The fraction of sp³-hybridized carbons (Fsp3) is 0.409. The van der Waals surface area contributed by atoms with Gasteiger partial charge in [0, 0.05) is 18.2 Å². The number of amides is 1. The second kappa shape index (κ2) is 9.39. The molecule has 1 aliphatic rings. The number of benzene rings is 2. The minimum Gasteiger partial charge on any atom is -0.494 e. The quantitative estimate of drug-likeness (QED) is 0.610. The van der Waals surface area contributed by atoms with Crippen molar-refractivity contribution in [1.82, 2.24) is 4.90 Å². The number of carbonyl (C=O) groups excluding carboxylic acids is 1. The van der Waals surface area contributed by atoms with Crippen LogP contribution in [-0.2, 0) is 16.4 Å². The van der Waals surface area contributed by atoms with Crippen molar-refractivity contribution in [2.24, 2.45) is 0 Å². The van der Waals surface area contributed by atoms with Gasteiger partial charge >= 0.3 is 0 Å². The van der Waals surface area contributed by atoms with Gasteiger partial charge in [-0.05, 0) is 54.8 Å². The van der Waals surface area contributed by atoms with E-state index >= 15 is 0 Å². The maximum Gasteiger partial charge on any atom is 0.254 e. The van der Waals surface area contributed by atoms with Gasteiger partial charge in [-0.15, -0.1) is 0 Å². The zero-order valence-electron chi connectivity index (χ0n) is 16.5. The number of carbonyl (C=O) groups is 1. The lowest BCUT2D eigenvalue weighted by Gasteiger charge is -2.28. The first-order valence-electron chi connectivity index (χ1n) is 9.86. The molecule has 0 aliphatic carbocycles. The van der Waals surface area contributed by atoms with Gasteiger partial charge in [0.25, 0.3) is 5.91 Å². The van der Waals surface area contributed by atoms with Crippen molar-refractivity contribution in [2.45, 2.75) is 38.8 Å². The Hall–Kier alpha value is -2.41. The van der Waals surface area contributed by atoms with E-state index < -0.39 is 15.9 Å². The van der Waals surface area contributed by atoms with Crippen LogP contribution in [0.15, 0.2) is 48.5 Å². The Bertz CT molecular complexity index is 944. The van der Waals surface area contributed by atoms with E-state index in [1.54, 1.807) is 41.3 Å². The van der Waals surface area contributed by atoms with Gasteiger partial charge in [0.2, 0.25) is 0 Å². The Morgan fingerprint density at radius 1 is 1.21 bits per heavy atom. The molecule has 7 heteroatoms. The van der Waals surface area contributed by atoms with Gasteiger partial charge in [-0.25, -0.2) is 12.8 Å². The maximum atomic E-state index is 13.6. The highest BCUT2D eigenvalue weighted by atomic mass is 32.2. The molecule has 156 valence electrons. The van der Waals surface area contributed by atoms with E-state index in [0.717, 1.165) is 12.8 Å². The first kappa shape index (κ1) is 21.3. The molecule has 0 spiro atoms. The number of hydrogen-bond acceptors (Lipinski definition) is 4. The molecule has 29 heavy (non-hydrogen) atoms. The number of ether oxygens (including phenoxy) is 1. The lowest BCUT2D eigenvalue weighted by molar-refractivity contribution is 0.0680. The fourth-order valence-electron chi connectivity index (χ4n) is 3.41. The van der Waals surface area contributed by atoms with E-state index in [2.05, 4.69) is 6.92 Å². The topological polar surface area (TPSA) is 63.7 Å². The molecule has 1 atom stereocenters. The molecule has 2 aromatic carbocycles. The molecule has 1 saturated heterocycles. The molecule has 0 N–H and O–H groups in total. The van der Waals surface area contributed by atoms with Gasteiger partial charge in [-0.2, -0.15) is 0 Å². The number of hydrogen-bond donors (Lipinski definition) is 0. The molecule has 0 aromatic heterocycles. The predicted molar refractivity (Wildman–Crippen MR) is 110 cm³/mol. The number of rotatable bonds is 8. The molecular weight excluding hydrogens is 393 g/mol. The Morgan fingerprint density at radius 2 is 1.97 bits per heavy atom. The van der Waals surface area contributed by atoms with Crippen molar-refractivity contribution in [2.75, 3.05) is 18.1 Å². The molecule has 1 amide bonds. The summed E-state index contributed by atoms with van der Waals surface area (Å²) in [5.74, 6) is 0.0373. The Balaban J connectivity index is 1.80. The van der Waals surface area contributed by atoms with Crippen LogP contribution in [0.3, 0.4) is 0 Å². The molecule has 3 rings (SSSR count). The maximum absolute atomic E-state index is 13.6. The van der Waals surface area contributed by atoms with Crippen molar-refractivity contribution in [3.05, 3.63) is 65.5 Å². The lowest BCUT2D eigenvalue weighted by Crippen LogP contribution is -2.40. The third-order valence-corrected chi connectivity index (χ3v) is 6.77. The van der Waals surface area contributed by atoms with E-state index in [-0.39, 0.29) is 29.8 Å². The summed E-state index contributed by atoms with van der Waals surface area (Å²) in [7, 11) is -3.16. The zero-order valence-corrected chi connectivity index (χ0v) is 17.3. The van der Waals surface area contributed by atoms with Gasteiger partial charge < -0.3 is 9.64 Å². The van der Waals surface area contributed by atoms with Crippen molar-refractivity contribution >= 4 is 15.7 Å². The van der Waals surface area contributed by atoms with Crippen LogP contribution in [0.1, 0.15) is 42.1 Å². The van der Waals surface area contributed by atoms with Crippen LogP contribution in [0.25, 0.3) is 0 Å². The summed E-state index contributed by atoms with van der Waals surface area (Å²) >= 11 is 0. The van der Waals surface area contributed by atoms with Crippen LogP contribution in [-0.4, -0.2) is 43.4 Å². The Morgan fingerprint density at radius 3 is 2.59 bits per heavy atom. The van der Waals surface area contributed by atoms with Crippen LogP contribution in [0, 0.1) is 5.82 Å². The summed E-state index contributed by atoms with van der Waals surface area (Å²) in [4.78, 5) is 14.7. The molecule has 0 saturated carbocycles. The highest BCUT2D eigenvalue weighted by Gasteiger charge is 2.35. The van der Waals surface area contributed by atoms with Crippen molar-refractivity contribution in [3.63, 3.8) is 0 Å². The SMILES string of the molecule is CCCCOc1ccc(C(=O)N(Cc2cccc(F)c2)C2CCS(=O)(=O)C2)cc1. The van der Waals surface area contributed by atoms with Gasteiger partial charge in [0.05, 0.1) is 18.1 Å². The summed E-state index contributed by atoms with van der Waals surface area (Å²) in [5, 5.41) is 0. The van der Waals surface area contributed by atoms with Crippen LogP contribution in [0.2, 0.25) is 0 Å². The number of unbranched alkanes of at least 4 members (excludes halogenated alkanes) is 1. The molecule has 2 aromatic rings. The predicted octanol–water partition coefficient (Wildman–Crippen LogP) is 3.83. The minimum absolute atomic E-state index is 0.0632. The number of halogens is 1. The van der Waals surface area contributed by atoms with Crippen molar-refractivity contribution in [3.8, 4) is 5.75 Å². The average Bonchev–Trinajstić information content (AvgIpc) is 3.06. The minimum atomic E-state index is -3.16. The van der Waals surface area contributed by atoms with Gasteiger partial charge in [-0.3, -0.25) is 4.79 Å². The first-order chi connectivity index (χ1) is 13.9. The van der Waals surface area contributed by atoms with Crippen LogP contribution in [0.5, 0.6) is 5.75 Å². The molecule has 0 radical (unpaired) electrons. The molecule has 5 nitrogen and oxygen atoms in total. The Kier molecular flexibility index (Phi) is 6.90. The zero-order chi connectivity index (χ0) is 20.9. The van der Waals surface area contributed by atoms with Crippen LogP contribution in [0.4, 0.5) is 4.39 Å². The third-order valence-electron chi connectivity index (χ3n) is 5.02. The fourth-order valence-corrected chi connectivity index (χ4v) is 5.14. The number of nitrogens with zero attached hydrogens (tertiary/aromatic N) is 1. The molecular formula is C22H26FNO4S. The largest absolute Gasteiger partial charge is 0.494 e. The van der Waals surface area contributed by atoms with Gasteiger partial charge in [-0.1, -0.05) is 25.5 Å². The number of sulfone groups is 1. The van der Waals surface area contributed by atoms with Crippen molar-refractivity contribution < 1.29 is 22.3 Å². The van der Waals surface area contributed by atoms with E-state index in [1.807, 2.05) is 0 Å². The van der Waals surface area contributed by atoms with E-state index in [0.29, 0.717) is 29.9 Å². The van der Waals surface area contributed by atoms with E-state index in [1.165, 1.54) is 12.1 Å². The lowest BCUT2D eigenvalue weighted by atomic mass is 10.1. The van der Waals surface area contributed by atoms with Gasteiger partial charge in [0.15, 0.2) is 9.84 Å². The third kappa shape index (κ3) is 5.79.